The zero-order valence-corrected chi connectivity index (χ0v) is 17.7. The molecule has 1 aliphatic heterocycles. The number of ether oxygens (including phenoxy) is 2. The largest absolute Gasteiger partial charge is 0.490 e. The number of amides is 1. The minimum Gasteiger partial charge on any atom is -0.490 e. The van der Waals surface area contributed by atoms with Gasteiger partial charge in [-0.1, -0.05) is 63.2 Å². The van der Waals surface area contributed by atoms with Crippen LogP contribution in [0.3, 0.4) is 0 Å². The highest BCUT2D eigenvalue weighted by molar-refractivity contribution is 6.12. The number of benzene rings is 3. The molecule has 0 radical (unpaired) electrons. The van der Waals surface area contributed by atoms with Gasteiger partial charge in [-0.15, -0.1) is 0 Å². The van der Waals surface area contributed by atoms with Crippen LogP contribution < -0.4 is 9.64 Å². The molecule has 1 unspecified atom stereocenters. The molecule has 0 saturated carbocycles. The summed E-state index contributed by atoms with van der Waals surface area (Å²) in [4.78, 5) is 15.7. The number of epoxide rings is 1. The third-order valence-corrected chi connectivity index (χ3v) is 5.07. The molecule has 1 atom stereocenters. The van der Waals surface area contributed by atoms with Crippen LogP contribution in [0.15, 0.2) is 78.9 Å². The molecule has 4 rings (SSSR count). The summed E-state index contributed by atoms with van der Waals surface area (Å²) in [5, 5.41) is 0. The first-order chi connectivity index (χ1) is 14.4. The van der Waals surface area contributed by atoms with Gasteiger partial charge >= 0.3 is 0 Å². The number of hydrogen-bond donors (Lipinski definition) is 0. The highest BCUT2D eigenvalue weighted by Gasteiger charge is 2.31. The van der Waals surface area contributed by atoms with E-state index in [0.717, 1.165) is 29.3 Å². The Morgan fingerprint density at radius 1 is 0.933 bits per heavy atom. The Morgan fingerprint density at radius 3 is 2.00 bits per heavy atom. The van der Waals surface area contributed by atoms with Gasteiger partial charge in [-0.3, -0.25) is 9.69 Å². The monoisotopic (exact) mass is 401 g/mol. The summed E-state index contributed by atoms with van der Waals surface area (Å²) < 4.78 is 11.4. The van der Waals surface area contributed by atoms with Gasteiger partial charge in [-0.2, -0.15) is 0 Å². The quantitative estimate of drug-likeness (QED) is 0.495. The summed E-state index contributed by atoms with van der Waals surface area (Å²) in [7, 11) is 0. The van der Waals surface area contributed by atoms with Crippen molar-refractivity contribution < 1.29 is 14.3 Å². The van der Waals surface area contributed by atoms with E-state index >= 15 is 0 Å². The average molecular weight is 402 g/mol. The van der Waals surface area contributed by atoms with Crippen molar-refractivity contribution in [3.05, 3.63) is 90.0 Å². The predicted molar refractivity (Wildman–Crippen MR) is 120 cm³/mol. The van der Waals surface area contributed by atoms with Crippen molar-refractivity contribution in [3.8, 4) is 5.75 Å². The van der Waals surface area contributed by atoms with E-state index in [0.29, 0.717) is 12.2 Å². The van der Waals surface area contributed by atoms with Gasteiger partial charge in [0.15, 0.2) is 0 Å². The van der Waals surface area contributed by atoms with Gasteiger partial charge in [-0.25, -0.2) is 0 Å². The topological polar surface area (TPSA) is 42.1 Å². The Labute approximate surface area is 178 Å². The van der Waals surface area contributed by atoms with Crippen molar-refractivity contribution in [2.75, 3.05) is 18.1 Å². The molecule has 1 fully saturated rings. The Bertz CT molecular complexity index is 966. The number of rotatable bonds is 6. The minimum absolute atomic E-state index is 0.0783. The second-order valence-electron chi connectivity index (χ2n) is 8.51. The predicted octanol–water partition coefficient (Wildman–Crippen LogP) is 5.74. The summed E-state index contributed by atoms with van der Waals surface area (Å²) in [5.74, 6) is 0.662. The zero-order valence-electron chi connectivity index (χ0n) is 17.7. The Kier molecular flexibility index (Phi) is 5.60. The van der Waals surface area contributed by atoms with Crippen LogP contribution in [0.5, 0.6) is 5.75 Å². The Hall–Kier alpha value is -3.11. The van der Waals surface area contributed by atoms with E-state index < -0.39 is 0 Å². The third-order valence-electron chi connectivity index (χ3n) is 5.07. The maximum absolute atomic E-state index is 14.0. The van der Waals surface area contributed by atoms with E-state index in [4.69, 9.17) is 9.47 Å². The van der Waals surface area contributed by atoms with Crippen molar-refractivity contribution >= 4 is 17.3 Å². The summed E-state index contributed by atoms with van der Waals surface area (Å²) in [6.45, 7) is 7.56. The standard InChI is InChI=1S/C26H27NO3/c1-26(2,3)24-22(15-10-16-23(24)30-18-21-17-29-21)25(28)27(19-11-6-4-7-12-19)20-13-8-5-9-14-20/h4-16,21H,17-18H2,1-3H3. The highest BCUT2D eigenvalue weighted by atomic mass is 16.6. The van der Waals surface area contributed by atoms with E-state index in [2.05, 4.69) is 20.8 Å². The van der Waals surface area contributed by atoms with E-state index in [1.165, 1.54) is 0 Å². The fourth-order valence-electron chi connectivity index (χ4n) is 3.61. The van der Waals surface area contributed by atoms with Gasteiger partial charge in [-0.05, 0) is 41.8 Å². The lowest BCUT2D eigenvalue weighted by Gasteiger charge is -2.29. The molecular weight excluding hydrogens is 374 g/mol. The van der Waals surface area contributed by atoms with Crippen molar-refractivity contribution in [3.63, 3.8) is 0 Å². The van der Waals surface area contributed by atoms with E-state index in [1.54, 1.807) is 4.90 Å². The summed E-state index contributed by atoms with van der Waals surface area (Å²) in [5.41, 5.74) is 2.93. The molecule has 0 aromatic heterocycles. The van der Waals surface area contributed by atoms with Crippen LogP contribution in [0.2, 0.25) is 0 Å². The van der Waals surface area contributed by atoms with Crippen LogP contribution in [-0.2, 0) is 10.2 Å². The SMILES string of the molecule is CC(C)(C)c1c(OCC2CO2)cccc1C(=O)N(c1ccccc1)c1ccccc1. The molecule has 30 heavy (non-hydrogen) atoms. The van der Waals surface area contributed by atoms with Gasteiger partial charge in [0.05, 0.1) is 6.61 Å². The second-order valence-corrected chi connectivity index (χ2v) is 8.51. The number of carbonyl (C=O) groups excluding carboxylic acids is 1. The van der Waals surface area contributed by atoms with Crippen LogP contribution in [-0.4, -0.2) is 25.2 Å². The van der Waals surface area contributed by atoms with E-state index in [-0.39, 0.29) is 17.4 Å². The molecule has 0 spiro atoms. The lowest BCUT2D eigenvalue weighted by Crippen LogP contribution is -2.29. The van der Waals surface area contributed by atoms with Crippen LogP contribution in [0, 0.1) is 0 Å². The molecule has 1 amide bonds. The molecule has 1 heterocycles. The van der Waals surface area contributed by atoms with E-state index in [1.807, 2.05) is 78.9 Å². The first kappa shape index (κ1) is 20.2. The summed E-state index contributed by atoms with van der Waals surface area (Å²) in [6, 6.07) is 25.2. The molecule has 3 aromatic rings. The van der Waals surface area contributed by atoms with Gasteiger partial charge in [0, 0.05) is 22.5 Å². The summed E-state index contributed by atoms with van der Waals surface area (Å²) >= 11 is 0. The van der Waals surface area contributed by atoms with Gasteiger partial charge < -0.3 is 9.47 Å². The third kappa shape index (κ3) is 4.39. The first-order valence-electron chi connectivity index (χ1n) is 10.3. The molecule has 0 aliphatic carbocycles. The molecule has 1 saturated heterocycles. The van der Waals surface area contributed by atoms with Crippen molar-refractivity contribution in [1.29, 1.82) is 0 Å². The second kappa shape index (κ2) is 8.33. The van der Waals surface area contributed by atoms with Crippen molar-refractivity contribution in [2.45, 2.75) is 32.3 Å². The lowest BCUT2D eigenvalue weighted by molar-refractivity contribution is 0.0996. The molecule has 4 nitrogen and oxygen atoms in total. The number of hydrogen-bond acceptors (Lipinski definition) is 3. The first-order valence-corrected chi connectivity index (χ1v) is 10.3. The average Bonchev–Trinajstić information content (AvgIpc) is 3.57. The van der Waals surface area contributed by atoms with Crippen LogP contribution in [0.25, 0.3) is 0 Å². The molecule has 0 N–H and O–H groups in total. The molecule has 1 aliphatic rings. The fraction of sp³-hybridized carbons (Fsp3) is 0.269. The van der Waals surface area contributed by atoms with Gasteiger partial charge in [0.1, 0.15) is 18.5 Å². The van der Waals surface area contributed by atoms with Crippen molar-refractivity contribution in [1.82, 2.24) is 0 Å². The van der Waals surface area contributed by atoms with Crippen molar-refractivity contribution in [2.24, 2.45) is 0 Å². The van der Waals surface area contributed by atoms with Crippen LogP contribution in [0.1, 0.15) is 36.7 Å². The fourth-order valence-corrected chi connectivity index (χ4v) is 3.61. The number of anilines is 2. The number of para-hydroxylation sites is 2. The zero-order chi connectivity index (χ0) is 21.1. The van der Waals surface area contributed by atoms with Crippen LogP contribution >= 0.6 is 0 Å². The smallest absolute Gasteiger partial charge is 0.263 e. The lowest BCUT2D eigenvalue weighted by atomic mass is 9.82. The van der Waals surface area contributed by atoms with E-state index in [9.17, 15) is 4.79 Å². The van der Waals surface area contributed by atoms with Gasteiger partial charge in [0.25, 0.3) is 5.91 Å². The minimum atomic E-state index is -0.273. The highest BCUT2D eigenvalue weighted by Crippen LogP contribution is 2.37. The molecule has 0 bridgehead atoms. The Balaban J connectivity index is 1.80. The maximum Gasteiger partial charge on any atom is 0.263 e. The number of nitrogens with zero attached hydrogens (tertiary/aromatic N) is 1. The molecule has 4 heteroatoms. The summed E-state index contributed by atoms with van der Waals surface area (Å²) in [6.07, 6.45) is 0.155. The maximum atomic E-state index is 14.0. The molecule has 3 aromatic carbocycles. The molecule has 154 valence electrons. The molecular formula is C26H27NO3. The Morgan fingerprint density at radius 2 is 1.50 bits per heavy atom. The van der Waals surface area contributed by atoms with Gasteiger partial charge in [0.2, 0.25) is 0 Å². The normalized spacial score (nSPS) is 15.5. The number of carbonyl (C=O) groups is 1. The van der Waals surface area contributed by atoms with Crippen LogP contribution in [0.4, 0.5) is 11.4 Å².